The first-order chi connectivity index (χ1) is 17.2. The van der Waals surface area contributed by atoms with Gasteiger partial charge < -0.3 is 24.5 Å². The molecule has 186 valence electrons. The minimum absolute atomic E-state index is 0.116. The highest BCUT2D eigenvalue weighted by Gasteiger charge is 2.24. The summed E-state index contributed by atoms with van der Waals surface area (Å²) in [5.41, 5.74) is 2.03. The highest BCUT2D eigenvalue weighted by molar-refractivity contribution is 6.05. The maximum atomic E-state index is 13.9. The molecule has 0 fully saturated rings. The van der Waals surface area contributed by atoms with Crippen LogP contribution in [0.25, 0.3) is 10.9 Å². The van der Waals surface area contributed by atoms with Crippen molar-refractivity contribution < 1.29 is 28.2 Å². The average molecular weight is 491 g/mol. The summed E-state index contributed by atoms with van der Waals surface area (Å²) in [6.45, 7) is 4.02. The van der Waals surface area contributed by atoms with Gasteiger partial charge in [-0.1, -0.05) is 38.1 Å². The van der Waals surface area contributed by atoms with Crippen LogP contribution in [0.3, 0.4) is 0 Å². The number of carbonyl (C=O) groups is 2. The molecule has 1 heterocycles. The highest BCUT2D eigenvalue weighted by Crippen LogP contribution is 2.29. The quantitative estimate of drug-likeness (QED) is 0.309. The molecular weight excluding hydrogens is 463 g/mol. The van der Waals surface area contributed by atoms with Crippen molar-refractivity contribution in [1.82, 2.24) is 4.98 Å². The van der Waals surface area contributed by atoms with Crippen molar-refractivity contribution in [2.45, 2.75) is 19.3 Å². The van der Waals surface area contributed by atoms with E-state index in [0.29, 0.717) is 28.1 Å². The van der Waals surface area contributed by atoms with Gasteiger partial charge in [0.25, 0.3) is 5.91 Å². The number of fused-ring (bicyclic) bond motifs is 1. The van der Waals surface area contributed by atoms with E-state index in [0.717, 1.165) is 5.56 Å². The molecule has 0 bridgehead atoms. The number of ether oxygens (including phenoxy) is 3. The summed E-state index contributed by atoms with van der Waals surface area (Å²) in [7, 11) is 3.04. The summed E-state index contributed by atoms with van der Waals surface area (Å²) in [6, 6.07) is 16.8. The summed E-state index contributed by atoms with van der Waals surface area (Å²) in [6.07, 6.45) is 1.46. The van der Waals surface area contributed by atoms with E-state index >= 15 is 0 Å². The maximum Gasteiger partial charge on any atom is 0.340 e. The lowest BCUT2D eigenvalue weighted by Gasteiger charge is -2.25. The van der Waals surface area contributed by atoms with Crippen molar-refractivity contribution in [2.75, 3.05) is 26.1 Å². The number of benzene rings is 3. The molecule has 0 radical (unpaired) electrons. The van der Waals surface area contributed by atoms with Crippen LogP contribution in [0, 0.1) is 5.82 Å². The number of aromatic amines is 1. The fourth-order valence-electron chi connectivity index (χ4n) is 3.88. The lowest BCUT2D eigenvalue weighted by molar-refractivity contribution is 0.0429. The highest BCUT2D eigenvalue weighted by atomic mass is 19.1. The first-order valence-electron chi connectivity index (χ1n) is 11.3. The smallest absolute Gasteiger partial charge is 0.340 e. The van der Waals surface area contributed by atoms with E-state index < -0.39 is 17.2 Å². The number of carbonyl (C=O) groups excluding carboxylic acids is 2. The minimum Gasteiger partial charge on any atom is -0.493 e. The van der Waals surface area contributed by atoms with Gasteiger partial charge in [-0.2, -0.15) is 0 Å². The van der Waals surface area contributed by atoms with Crippen molar-refractivity contribution in [2.24, 2.45) is 0 Å². The monoisotopic (exact) mass is 490 g/mol. The van der Waals surface area contributed by atoms with Gasteiger partial charge in [-0.05, 0) is 42.0 Å². The van der Waals surface area contributed by atoms with Crippen molar-refractivity contribution in [3.8, 4) is 11.5 Å². The van der Waals surface area contributed by atoms with Crippen molar-refractivity contribution in [3.05, 3.63) is 89.4 Å². The zero-order valence-corrected chi connectivity index (χ0v) is 20.5. The van der Waals surface area contributed by atoms with E-state index in [1.54, 1.807) is 42.5 Å². The number of para-hydroxylation sites is 1. The van der Waals surface area contributed by atoms with Gasteiger partial charge in [-0.15, -0.1) is 0 Å². The van der Waals surface area contributed by atoms with Crippen LogP contribution in [0.5, 0.6) is 11.5 Å². The van der Waals surface area contributed by atoms with Crippen LogP contribution in [0.1, 0.15) is 40.1 Å². The molecule has 3 aromatic carbocycles. The molecule has 0 saturated carbocycles. The summed E-state index contributed by atoms with van der Waals surface area (Å²) < 4.78 is 30.0. The summed E-state index contributed by atoms with van der Waals surface area (Å²) >= 11 is 0. The number of esters is 1. The molecule has 2 N–H and O–H groups in total. The Kier molecular flexibility index (Phi) is 6.96. The second kappa shape index (κ2) is 10.1. The van der Waals surface area contributed by atoms with Gasteiger partial charge in [0.1, 0.15) is 12.4 Å². The largest absolute Gasteiger partial charge is 0.493 e. The van der Waals surface area contributed by atoms with Gasteiger partial charge in [0.2, 0.25) is 0 Å². The van der Waals surface area contributed by atoms with E-state index in [4.69, 9.17) is 14.2 Å². The molecule has 4 rings (SSSR count). The molecule has 8 heteroatoms. The van der Waals surface area contributed by atoms with Crippen LogP contribution in [-0.2, 0) is 10.2 Å². The summed E-state index contributed by atoms with van der Waals surface area (Å²) in [5, 5.41) is 3.34. The van der Waals surface area contributed by atoms with Crippen molar-refractivity contribution in [3.63, 3.8) is 0 Å². The molecule has 0 unspecified atom stereocenters. The predicted molar refractivity (Wildman–Crippen MR) is 136 cm³/mol. The zero-order chi connectivity index (χ0) is 25.9. The van der Waals surface area contributed by atoms with Crippen molar-refractivity contribution in [1.29, 1.82) is 0 Å². The molecule has 1 amide bonds. The number of hydrogen-bond donors (Lipinski definition) is 2. The van der Waals surface area contributed by atoms with Crippen LogP contribution in [0.15, 0.2) is 66.9 Å². The molecular formula is C28H27FN2O5. The van der Waals surface area contributed by atoms with Crippen molar-refractivity contribution >= 4 is 28.5 Å². The second-order valence-corrected chi connectivity index (χ2v) is 8.93. The normalized spacial score (nSPS) is 11.2. The van der Waals surface area contributed by atoms with Gasteiger partial charge in [-0.25, -0.2) is 9.18 Å². The molecule has 4 aromatic rings. The van der Waals surface area contributed by atoms with E-state index in [2.05, 4.69) is 10.3 Å². The number of methoxy groups -OCH3 is 2. The third-order valence-corrected chi connectivity index (χ3v) is 6.02. The Morgan fingerprint density at radius 1 is 0.972 bits per heavy atom. The summed E-state index contributed by atoms with van der Waals surface area (Å²) in [5.74, 6) is -0.233. The third kappa shape index (κ3) is 5.02. The summed E-state index contributed by atoms with van der Waals surface area (Å²) in [4.78, 5) is 28.1. The Bertz CT molecular complexity index is 1410. The fourth-order valence-corrected chi connectivity index (χ4v) is 3.88. The number of rotatable bonds is 8. The zero-order valence-electron chi connectivity index (χ0n) is 20.5. The second-order valence-electron chi connectivity index (χ2n) is 8.93. The van der Waals surface area contributed by atoms with Crippen LogP contribution in [0.4, 0.5) is 10.1 Å². The standard InChI is InChI=1S/C28H27FN2O5/c1-28(2,16-36-27(33)21-15-30-25-20(21)6-5-7-22(25)29)18-9-11-19(12-10-18)31-26(32)17-8-13-23(34-3)24(14-17)35-4/h5-15,30H,16H2,1-4H3,(H,31,32). The number of H-pyrrole nitrogens is 1. The Balaban J connectivity index is 1.40. The van der Waals surface area contributed by atoms with Gasteiger partial charge >= 0.3 is 5.97 Å². The molecule has 0 spiro atoms. The van der Waals surface area contributed by atoms with Gasteiger partial charge in [0, 0.05) is 28.2 Å². The lowest BCUT2D eigenvalue weighted by Crippen LogP contribution is -2.26. The number of halogens is 1. The molecule has 0 aliphatic heterocycles. The van der Waals surface area contributed by atoms with Crippen LogP contribution in [0.2, 0.25) is 0 Å². The fraction of sp³-hybridized carbons (Fsp3) is 0.214. The van der Waals surface area contributed by atoms with Crippen LogP contribution >= 0.6 is 0 Å². The first kappa shape index (κ1) is 24.8. The molecule has 7 nitrogen and oxygen atoms in total. The Labute approximate surface area is 208 Å². The van der Waals surface area contributed by atoms with Crippen LogP contribution in [-0.4, -0.2) is 37.7 Å². The Hall–Kier alpha value is -4.33. The van der Waals surface area contributed by atoms with Gasteiger partial charge in [-0.3, -0.25) is 4.79 Å². The minimum atomic E-state index is -0.529. The average Bonchev–Trinajstić information content (AvgIpc) is 3.33. The Morgan fingerprint density at radius 2 is 1.69 bits per heavy atom. The number of amides is 1. The lowest BCUT2D eigenvalue weighted by atomic mass is 9.85. The molecule has 1 aromatic heterocycles. The van der Waals surface area contributed by atoms with E-state index in [-0.39, 0.29) is 23.6 Å². The number of hydrogen-bond acceptors (Lipinski definition) is 5. The molecule has 36 heavy (non-hydrogen) atoms. The van der Waals surface area contributed by atoms with E-state index in [1.807, 2.05) is 26.0 Å². The Morgan fingerprint density at radius 3 is 2.39 bits per heavy atom. The topological polar surface area (TPSA) is 89.6 Å². The third-order valence-electron chi connectivity index (χ3n) is 6.02. The van der Waals surface area contributed by atoms with Gasteiger partial charge in [0.15, 0.2) is 11.5 Å². The SMILES string of the molecule is COc1ccc(C(=O)Nc2ccc(C(C)(C)COC(=O)c3c[nH]c4c(F)cccc34)cc2)cc1OC. The molecule has 0 aliphatic rings. The van der Waals surface area contributed by atoms with Gasteiger partial charge in [0.05, 0.1) is 25.3 Å². The predicted octanol–water partition coefficient (Wildman–Crippen LogP) is 5.71. The van der Waals surface area contributed by atoms with E-state index in [1.165, 1.54) is 26.5 Å². The van der Waals surface area contributed by atoms with Crippen LogP contribution < -0.4 is 14.8 Å². The number of nitrogens with one attached hydrogen (secondary N) is 2. The number of aromatic nitrogens is 1. The molecule has 0 atom stereocenters. The molecule has 0 saturated heterocycles. The first-order valence-corrected chi connectivity index (χ1v) is 11.3. The molecule has 0 aliphatic carbocycles. The number of anilines is 1. The van der Waals surface area contributed by atoms with E-state index in [9.17, 15) is 14.0 Å². The maximum absolute atomic E-state index is 13.9.